The van der Waals surface area contributed by atoms with Gasteiger partial charge < -0.3 is 10.1 Å². The van der Waals surface area contributed by atoms with Crippen LogP contribution in [0.4, 0.5) is 0 Å². The number of nitrogens with zero attached hydrogens (tertiary/aromatic N) is 2. The van der Waals surface area contributed by atoms with E-state index in [4.69, 9.17) is 16.3 Å². The van der Waals surface area contributed by atoms with E-state index in [-0.39, 0.29) is 18.4 Å². The maximum absolute atomic E-state index is 13.0. The van der Waals surface area contributed by atoms with E-state index in [1.807, 2.05) is 18.2 Å². The van der Waals surface area contributed by atoms with Gasteiger partial charge in [-0.05, 0) is 11.6 Å². The van der Waals surface area contributed by atoms with Crippen LogP contribution in [0, 0.1) is 0 Å². The number of benzene rings is 1. The van der Waals surface area contributed by atoms with Gasteiger partial charge in [-0.15, -0.1) is 12.4 Å². The first-order chi connectivity index (χ1) is 10.6. The summed E-state index contributed by atoms with van der Waals surface area (Å²) in [5.74, 6) is 0. The van der Waals surface area contributed by atoms with Crippen LogP contribution in [0.3, 0.4) is 0 Å². The molecule has 3 rings (SSSR count). The minimum atomic E-state index is -3.51. The second-order valence-corrected chi connectivity index (χ2v) is 7.66. The molecule has 0 spiro atoms. The Labute approximate surface area is 148 Å². The Morgan fingerprint density at radius 1 is 1.17 bits per heavy atom. The molecule has 0 saturated carbocycles. The largest absolute Gasteiger partial charge is 0.379 e. The van der Waals surface area contributed by atoms with Crippen LogP contribution in [0.15, 0.2) is 24.3 Å². The highest BCUT2D eigenvalue weighted by Gasteiger charge is 2.38. The molecule has 6 nitrogen and oxygen atoms in total. The van der Waals surface area contributed by atoms with Gasteiger partial charge in [0.2, 0.25) is 0 Å². The third-order valence-electron chi connectivity index (χ3n) is 4.05. The van der Waals surface area contributed by atoms with Crippen molar-refractivity contribution in [2.75, 3.05) is 45.9 Å². The molecule has 23 heavy (non-hydrogen) atoms. The molecule has 1 aromatic rings. The molecular weight excluding hydrogens is 361 g/mol. The Bertz CT molecular complexity index is 623. The molecule has 0 radical (unpaired) electrons. The minimum Gasteiger partial charge on any atom is -0.379 e. The van der Waals surface area contributed by atoms with Crippen molar-refractivity contribution in [1.29, 1.82) is 0 Å². The molecule has 2 fully saturated rings. The lowest BCUT2D eigenvalue weighted by atomic mass is 10.1. The van der Waals surface area contributed by atoms with Crippen LogP contribution in [0.2, 0.25) is 5.02 Å². The van der Waals surface area contributed by atoms with Crippen molar-refractivity contribution >= 4 is 34.2 Å². The van der Waals surface area contributed by atoms with Gasteiger partial charge in [-0.1, -0.05) is 29.8 Å². The lowest BCUT2D eigenvalue weighted by molar-refractivity contribution is 0.0685. The SMILES string of the molecule is Cl.O=S(=O)(N1CCOCC1)N1CCNCC1c1ccccc1Cl. The van der Waals surface area contributed by atoms with Crippen LogP contribution in [-0.2, 0) is 14.9 Å². The summed E-state index contributed by atoms with van der Waals surface area (Å²) < 4.78 is 34.2. The summed E-state index contributed by atoms with van der Waals surface area (Å²) in [6.45, 7) is 3.35. The summed E-state index contributed by atoms with van der Waals surface area (Å²) in [6, 6.07) is 7.14. The van der Waals surface area contributed by atoms with Crippen molar-refractivity contribution in [1.82, 2.24) is 13.9 Å². The highest BCUT2D eigenvalue weighted by molar-refractivity contribution is 7.86. The van der Waals surface area contributed by atoms with Gasteiger partial charge in [0.05, 0.1) is 19.3 Å². The van der Waals surface area contributed by atoms with Crippen LogP contribution >= 0.6 is 24.0 Å². The van der Waals surface area contributed by atoms with Gasteiger partial charge >= 0.3 is 0 Å². The number of piperazine rings is 1. The molecule has 0 bridgehead atoms. The Morgan fingerprint density at radius 3 is 2.57 bits per heavy atom. The average molecular weight is 382 g/mol. The number of rotatable bonds is 3. The van der Waals surface area contributed by atoms with E-state index in [0.717, 1.165) is 5.56 Å². The van der Waals surface area contributed by atoms with Gasteiger partial charge in [-0.3, -0.25) is 0 Å². The van der Waals surface area contributed by atoms with Gasteiger partial charge in [-0.2, -0.15) is 17.0 Å². The van der Waals surface area contributed by atoms with E-state index in [9.17, 15) is 8.42 Å². The molecule has 2 aliphatic heterocycles. The quantitative estimate of drug-likeness (QED) is 0.856. The van der Waals surface area contributed by atoms with E-state index in [0.29, 0.717) is 51.0 Å². The van der Waals surface area contributed by atoms with E-state index >= 15 is 0 Å². The number of ether oxygens (including phenoxy) is 1. The minimum absolute atomic E-state index is 0. The molecule has 0 aliphatic carbocycles. The maximum Gasteiger partial charge on any atom is 0.282 e. The Hall–Kier alpha value is -0.410. The van der Waals surface area contributed by atoms with Gasteiger partial charge in [0.15, 0.2) is 0 Å². The summed E-state index contributed by atoms with van der Waals surface area (Å²) >= 11 is 6.28. The van der Waals surface area contributed by atoms with Crippen LogP contribution in [0.25, 0.3) is 0 Å². The first kappa shape index (κ1) is 18.9. The lowest BCUT2D eigenvalue weighted by Crippen LogP contribution is -2.55. The molecule has 0 amide bonds. The second kappa shape index (κ2) is 8.11. The average Bonchev–Trinajstić information content (AvgIpc) is 2.56. The molecule has 2 aliphatic rings. The zero-order valence-electron chi connectivity index (χ0n) is 12.7. The van der Waals surface area contributed by atoms with Gasteiger partial charge in [0.25, 0.3) is 10.2 Å². The molecule has 1 aromatic carbocycles. The predicted octanol–water partition coefficient (Wildman–Crippen LogP) is 1.29. The molecule has 0 aromatic heterocycles. The van der Waals surface area contributed by atoms with Crippen LogP contribution in [0.1, 0.15) is 11.6 Å². The number of hydrogen-bond donors (Lipinski definition) is 1. The lowest BCUT2D eigenvalue weighted by Gasteiger charge is -2.39. The summed E-state index contributed by atoms with van der Waals surface area (Å²) in [5, 5.41) is 3.85. The van der Waals surface area contributed by atoms with Crippen molar-refractivity contribution in [2.45, 2.75) is 6.04 Å². The van der Waals surface area contributed by atoms with Crippen molar-refractivity contribution < 1.29 is 13.2 Å². The molecule has 1 atom stereocenters. The fraction of sp³-hybridized carbons (Fsp3) is 0.571. The van der Waals surface area contributed by atoms with Crippen molar-refractivity contribution in [3.63, 3.8) is 0 Å². The number of nitrogens with one attached hydrogen (secondary N) is 1. The second-order valence-electron chi connectivity index (χ2n) is 5.37. The Balaban J connectivity index is 0.00000192. The summed E-state index contributed by atoms with van der Waals surface area (Å²) in [4.78, 5) is 0. The summed E-state index contributed by atoms with van der Waals surface area (Å²) in [7, 11) is -3.51. The van der Waals surface area contributed by atoms with Gasteiger partial charge in [0.1, 0.15) is 0 Å². The summed E-state index contributed by atoms with van der Waals surface area (Å²) in [6.07, 6.45) is 0. The van der Waals surface area contributed by atoms with Crippen molar-refractivity contribution in [2.24, 2.45) is 0 Å². The predicted molar refractivity (Wildman–Crippen MR) is 92.3 cm³/mol. The monoisotopic (exact) mass is 381 g/mol. The van der Waals surface area contributed by atoms with Crippen molar-refractivity contribution in [3.05, 3.63) is 34.9 Å². The van der Waals surface area contributed by atoms with E-state index in [1.54, 1.807) is 10.4 Å². The van der Waals surface area contributed by atoms with Crippen LogP contribution < -0.4 is 5.32 Å². The topological polar surface area (TPSA) is 61.9 Å². The normalized spacial score (nSPS) is 24.1. The molecule has 1 unspecified atom stereocenters. The maximum atomic E-state index is 13.0. The smallest absolute Gasteiger partial charge is 0.282 e. The van der Waals surface area contributed by atoms with Gasteiger partial charge in [-0.25, -0.2) is 0 Å². The molecule has 9 heteroatoms. The highest BCUT2D eigenvalue weighted by atomic mass is 35.5. The molecule has 1 N–H and O–H groups in total. The number of morpholine rings is 1. The van der Waals surface area contributed by atoms with E-state index in [2.05, 4.69) is 5.32 Å². The first-order valence-electron chi connectivity index (χ1n) is 7.40. The fourth-order valence-corrected chi connectivity index (χ4v) is 4.90. The van der Waals surface area contributed by atoms with Crippen LogP contribution in [-0.4, -0.2) is 63.0 Å². The van der Waals surface area contributed by atoms with Crippen molar-refractivity contribution in [3.8, 4) is 0 Å². The Morgan fingerprint density at radius 2 is 1.87 bits per heavy atom. The zero-order chi connectivity index (χ0) is 15.6. The van der Waals surface area contributed by atoms with E-state index < -0.39 is 10.2 Å². The van der Waals surface area contributed by atoms with Crippen LogP contribution in [0.5, 0.6) is 0 Å². The molecule has 130 valence electrons. The van der Waals surface area contributed by atoms with Gasteiger partial charge in [0, 0.05) is 37.7 Å². The molecular formula is C14H21Cl2N3O3S. The fourth-order valence-electron chi connectivity index (χ4n) is 2.90. The molecule has 2 heterocycles. The number of halogens is 2. The third-order valence-corrected chi connectivity index (χ3v) is 6.44. The summed E-state index contributed by atoms with van der Waals surface area (Å²) in [5.41, 5.74) is 0.841. The van der Waals surface area contributed by atoms with E-state index in [1.165, 1.54) is 4.31 Å². The zero-order valence-corrected chi connectivity index (χ0v) is 15.0. The first-order valence-corrected chi connectivity index (χ1v) is 9.18. The Kier molecular flexibility index (Phi) is 6.67. The standard InChI is InChI=1S/C14H20ClN3O3S.ClH/c15-13-4-2-1-3-12(13)14-11-16-5-6-18(14)22(19,20)17-7-9-21-10-8-17;/h1-4,14,16H,5-11H2;1H. The highest BCUT2D eigenvalue weighted by Crippen LogP contribution is 2.31. The third kappa shape index (κ3) is 3.99. The number of hydrogen-bond acceptors (Lipinski definition) is 4. The molecule has 2 saturated heterocycles.